The fourth-order valence-electron chi connectivity index (χ4n) is 1.49. The topological polar surface area (TPSA) is 58.2 Å². The Morgan fingerprint density at radius 3 is 2.72 bits per heavy atom. The first-order valence-corrected chi connectivity index (χ1v) is 7.95. The molecule has 0 aromatic heterocycles. The van der Waals surface area contributed by atoms with Crippen LogP contribution in [-0.4, -0.2) is 27.3 Å². The maximum atomic E-state index is 11.8. The zero-order chi connectivity index (χ0) is 13.6. The Balaban J connectivity index is 2.62. The molecule has 0 unspecified atom stereocenters. The summed E-state index contributed by atoms with van der Waals surface area (Å²) in [4.78, 5) is 0. The van der Waals surface area contributed by atoms with Gasteiger partial charge in [0.05, 0.1) is 11.4 Å². The van der Waals surface area contributed by atoms with Crippen LogP contribution in [-0.2, 0) is 10.0 Å². The van der Waals surface area contributed by atoms with Crippen LogP contribution >= 0.6 is 11.6 Å². The van der Waals surface area contributed by atoms with Gasteiger partial charge in [0.1, 0.15) is 0 Å². The molecule has 0 saturated carbocycles. The lowest BCUT2D eigenvalue weighted by molar-refractivity contribution is 0.595. The van der Waals surface area contributed by atoms with Crippen molar-refractivity contribution in [1.29, 1.82) is 0 Å². The highest BCUT2D eigenvalue weighted by molar-refractivity contribution is 7.92. The van der Waals surface area contributed by atoms with Crippen LogP contribution in [0.15, 0.2) is 18.2 Å². The van der Waals surface area contributed by atoms with Crippen molar-refractivity contribution in [2.24, 2.45) is 0 Å². The van der Waals surface area contributed by atoms with E-state index in [1.807, 2.05) is 13.8 Å². The summed E-state index contributed by atoms with van der Waals surface area (Å²) in [6, 6.07) is 5.15. The van der Waals surface area contributed by atoms with Crippen molar-refractivity contribution in [2.45, 2.75) is 20.3 Å². The number of rotatable bonds is 7. The van der Waals surface area contributed by atoms with Crippen LogP contribution in [0.4, 0.5) is 5.69 Å². The minimum Gasteiger partial charge on any atom is -0.317 e. The molecule has 0 spiro atoms. The maximum absolute atomic E-state index is 11.8. The minimum atomic E-state index is -3.30. The molecule has 0 saturated heterocycles. The number of hydrogen-bond acceptors (Lipinski definition) is 3. The van der Waals surface area contributed by atoms with Crippen molar-refractivity contribution in [1.82, 2.24) is 5.32 Å². The van der Waals surface area contributed by atoms with E-state index in [1.54, 1.807) is 18.2 Å². The second kappa shape index (κ2) is 6.97. The second-order valence-electron chi connectivity index (χ2n) is 4.09. The number of aryl methyl sites for hydroxylation is 1. The molecule has 18 heavy (non-hydrogen) atoms. The molecular formula is C12H19ClN2O2S. The Labute approximate surface area is 114 Å². The van der Waals surface area contributed by atoms with Crippen LogP contribution in [0.1, 0.15) is 18.9 Å². The highest BCUT2D eigenvalue weighted by Gasteiger charge is 2.11. The number of sulfonamides is 1. The first kappa shape index (κ1) is 15.3. The largest absolute Gasteiger partial charge is 0.317 e. The molecule has 0 aliphatic rings. The van der Waals surface area contributed by atoms with E-state index in [1.165, 1.54) is 0 Å². The fourth-order valence-corrected chi connectivity index (χ4v) is 2.84. The predicted octanol–water partition coefficient (Wildman–Crippen LogP) is 2.39. The normalized spacial score (nSPS) is 11.5. The Morgan fingerprint density at radius 1 is 1.33 bits per heavy atom. The molecule has 4 nitrogen and oxygen atoms in total. The Morgan fingerprint density at radius 2 is 2.06 bits per heavy atom. The summed E-state index contributed by atoms with van der Waals surface area (Å²) in [7, 11) is -3.30. The van der Waals surface area contributed by atoms with Crippen LogP contribution in [0.25, 0.3) is 0 Å². The van der Waals surface area contributed by atoms with Gasteiger partial charge in [0.15, 0.2) is 0 Å². The van der Waals surface area contributed by atoms with Gasteiger partial charge in [-0.05, 0) is 44.1 Å². The molecule has 0 aliphatic heterocycles. The highest BCUT2D eigenvalue weighted by atomic mass is 35.5. The summed E-state index contributed by atoms with van der Waals surface area (Å²) >= 11 is 5.85. The van der Waals surface area contributed by atoms with Crippen molar-refractivity contribution >= 4 is 27.3 Å². The van der Waals surface area contributed by atoms with Crippen LogP contribution < -0.4 is 10.0 Å². The van der Waals surface area contributed by atoms with Gasteiger partial charge >= 0.3 is 0 Å². The molecule has 0 amide bonds. The van der Waals surface area contributed by atoms with Crippen LogP contribution in [0.5, 0.6) is 0 Å². The van der Waals surface area contributed by atoms with Crippen molar-refractivity contribution in [2.75, 3.05) is 23.6 Å². The lowest BCUT2D eigenvalue weighted by Gasteiger charge is -2.11. The monoisotopic (exact) mass is 290 g/mol. The summed E-state index contributed by atoms with van der Waals surface area (Å²) < 4.78 is 26.3. The summed E-state index contributed by atoms with van der Waals surface area (Å²) in [5.41, 5.74) is 1.40. The molecule has 0 heterocycles. The Hall–Kier alpha value is -0.780. The summed E-state index contributed by atoms with van der Waals surface area (Å²) in [5, 5.41) is 3.61. The molecule has 0 fully saturated rings. The smallest absolute Gasteiger partial charge is 0.232 e. The van der Waals surface area contributed by atoms with E-state index >= 15 is 0 Å². The van der Waals surface area contributed by atoms with Crippen molar-refractivity contribution in [3.8, 4) is 0 Å². The molecule has 2 N–H and O–H groups in total. The number of halogens is 1. The number of hydrogen-bond donors (Lipinski definition) is 2. The third-order valence-corrected chi connectivity index (χ3v) is 4.07. The highest BCUT2D eigenvalue weighted by Crippen LogP contribution is 2.21. The van der Waals surface area contributed by atoms with Gasteiger partial charge in [0, 0.05) is 5.02 Å². The van der Waals surface area contributed by atoms with E-state index in [0.29, 0.717) is 23.7 Å². The average molecular weight is 291 g/mol. The van der Waals surface area contributed by atoms with Gasteiger partial charge in [-0.15, -0.1) is 0 Å². The molecule has 102 valence electrons. The number of anilines is 1. The summed E-state index contributed by atoms with van der Waals surface area (Å²) in [6.45, 7) is 5.38. The summed E-state index contributed by atoms with van der Waals surface area (Å²) in [5.74, 6) is 0.103. The number of nitrogens with one attached hydrogen (secondary N) is 2. The Kier molecular flexibility index (Phi) is 5.91. The third-order valence-electron chi connectivity index (χ3n) is 2.48. The standard InChI is InChI=1S/C12H19ClN2O2S/c1-3-14-7-4-8-18(16,17)15-12-9-11(13)6-5-10(12)2/h5-6,9,14-15H,3-4,7-8H2,1-2H3. The van der Waals surface area contributed by atoms with E-state index in [4.69, 9.17) is 11.6 Å². The SMILES string of the molecule is CCNCCCS(=O)(=O)Nc1cc(Cl)ccc1C. The van der Waals surface area contributed by atoms with Gasteiger partial charge in [0.25, 0.3) is 0 Å². The van der Waals surface area contributed by atoms with Gasteiger partial charge in [0.2, 0.25) is 10.0 Å². The molecule has 0 aliphatic carbocycles. The lowest BCUT2D eigenvalue weighted by atomic mass is 10.2. The first-order chi connectivity index (χ1) is 8.44. The van der Waals surface area contributed by atoms with E-state index in [2.05, 4.69) is 10.0 Å². The molecule has 0 bridgehead atoms. The quantitative estimate of drug-likeness (QED) is 0.758. The van der Waals surface area contributed by atoms with E-state index < -0.39 is 10.0 Å². The van der Waals surface area contributed by atoms with Gasteiger partial charge in [-0.3, -0.25) is 4.72 Å². The molecular weight excluding hydrogens is 272 g/mol. The third kappa shape index (κ3) is 5.25. The Bertz CT molecular complexity index is 489. The van der Waals surface area contributed by atoms with E-state index in [-0.39, 0.29) is 5.75 Å². The molecule has 1 rings (SSSR count). The van der Waals surface area contributed by atoms with Gasteiger partial charge in [-0.1, -0.05) is 24.6 Å². The minimum absolute atomic E-state index is 0.103. The predicted molar refractivity (Wildman–Crippen MR) is 76.8 cm³/mol. The van der Waals surface area contributed by atoms with Crippen LogP contribution in [0, 0.1) is 6.92 Å². The van der Waals surface area contributed by atoms with Gasteiger partial charge < -0.3 is 5.32 Å². The molecule has 0 atom stereocenters. The summed E-state index contributed by atoms with van der Waals surface area (Å²) in [6.07, 6.45) is 0.586. The second-order valence-corrected chi connectivity index (χ2v) is 6.37. The van der Waals surface area contributed by atoms with Gasteiger partial charge in [-0.25, -0.2) is 8.42 Å². The van der Waals surface area contributed by atoms with Crippen molar-refractivity contribution in [3.05, 3.63) is 28.8 Å². The van der Waals surface area contributed by atoms with E-state index in [9.17, 15) is 8.42 Å². The number of benzene rings is 1. The first-order valence-electron chi connectivity index (χ1n) is 5.92. The van der Waals surface area contributed by atoms with Crippen LogP contribution in [0.2, 0.25) is 5.02 Å². The molecule has 1 aromatic rings. The average Bonchev–Trinajstić information content (AvgIpc) is 2.29. The zero-order valence-electron chi connectivity index (χ0n) is 10.7. The van der Waals surface area contributed by atoms with Crippen molar-refractivity contribution in [3.63, 3.8) is 0 Å². The molecule has 0 radical (unpaired) electrons. The molecule has 1 aromatic carbocycles. The zero-order valence-corrected chi connectivity index (χ0v) is 12.2. The van der Waals surface area contributed by atoms with Crippen LogP contribution in [0.3, 0.4) is 0 Å². The van der Waals surface area contributed by atoms with Gasteiger partial charge in [-0.2, -0.15) is 0 Å². The van der Waals surface area contributed by atoms with E-state index in [0.717, 1.165) is 12.1 Å². The van der Waals surface area contributed by atoms with Crippen molar-refractivity contribution < 1.29 is 8.42 Å². The fraction of sp³-hybridized carbons (Fsp3) is 0.500. The lowest BCUT2D eigenvalue weighted by Crippen LogP contribution is -2.22. The maximum Gasteiger partial charge on any atom is 0.232 e. The molecule has 6 heteroatoms.